The molecule has 1 aromatic carbocycles. The zero-order chi connectivity index (χ0) is 8.55. The highest BCUT2D eigenvalue weighted by Gasteiger charge is 1.99. The molecule has 0 amide bonds. The van der Waals surface area contributed by atoms with Crippen molar-refractivity contribution in [2.45, 2.75) is 6.92 Å². The molecule has 0 N–H and O–H groups in total. The molecule has 0 saturated carbocycles. The van der Waals surface area contributed by atoms with Crippen LogP contribution in [0.2, 0.25) is 0 Å². The van der Waals surface area contributed by atoms with Gasteiger partial charge in [0.05, 0.1) is 0 Å². The van der Waals surface area contributed by atoms with Crippen molar-refractivity contribution < 1.29 is 0 Å². The van der Waals surface area contributed by atoms with Crippen LogP contribution in [0.1, 0.15) is 5.69 Å². The molecule has 0 radical (unpaired) electrons. The fourth-order valence-electron chi connectivity index (χ4n) is 1.30. The number of aromatic nitrogens is 1. The van der Waals surface area contributed by atoms with Crippen molar-refractivity contribution in [3.63, 3.8) is 0 Å². The van der Waals surface area contributed by atoms with Crippen LogP contribution >= 0.6 is 22.6 Å². The molecule has 1 heterocycles. The molecule has 0 fully saturated rings. The van der Waals surface area contributed by atoms with Crippen LogP contribution < -0.4 is 0 Å². The summed E-state index contributed by atoms with van der Waals surface area (Å²) in [6.07, 6.45) is 1.91. The van der Waals surface area contributed by atoms with E-state index in [1.165, 1.54) is 14.3 Å². The van der Waals surface area contributed by atoms with Crippen molar-refractivity contribution in [2.75, 3.05) is 0 Å². The largest absolute Gasteiger partial charge is 0.260 e. The third kappa shape index (κ3) is 1.20. The van der Waals surface area contributed by atoms with E-state index in [1.54, 1.807) is 0 Å². The quantitative estimate of drug-likeness (QED) is 0.669. The number of pyridine rings is 1. The predicted octanol–water partition coefficient (Wildman–Crippen LogP) is 3.15. The molecule has 0 aliphatic carbocycles. The maximum Gasteiger partial charge on any atom is 0.0451 e. The summed E-state index contributed by atoms with van der Waals surface area (Å²) in [6, 6.07) is 8.35. The van der Waals surface area contributed by atoms with Crippen LogP contribution in [0, 0.1) is 10.5 Å². The van der Waals surface area contributed by atoms with Crippen molar-refractivity contribution in [1.29, 1.82) is 0 Å². The maximum absolute atomic E-state index is 4.30. The van der Waals surface area contributed by atoms with Crippen LogP contribution in [0.4, 0.5) is 0 Å². The zero-order valence-corrected chi connectivity index (χ0v) is 8.87. The van der Waals surface area contributed by atoms with Crippen molar-refractivity contribution >= 4 is 33.4 Å². The Kier molecular flexibility index (Phi) is 2.00. The molecule has 0 unspecified atom stereocenters. The standard InChI is InChI=1S/C10H8IN/c1-7-8-4-2-3-5-9(8)10(11)6-12-7/h2-6H,1H3. The second-order valence-corrected chi connectivity index (χ2v) is 3.90. The fourth-order valence-corrected chi connectivity index (χ4v) is 1.91. The first-order chi connectivity index (χ1) is 5.79. The average Bonchev–Trinajstić information content (AvgIpc) is 2.12. The van der Waals surface area contributed by atoms with Crippen molar-refractivity contribution in [2.24, 2.45) is 0 Å². The monoisotopic (exact) mass is 269 g/mol. The first kappa shape index (κ1) is 7.98. The molecule has 0 bridgehead atoms. The second kappa shape index (κ2) is 3.01. The topological polar surface area (TPSA) is 12.9 Å². The van der Waals surface area contributed by atoms with Crippen LogP contribution in [-0.2, 0) is 0 Å². The fraction of sp³-hybridized carbons (Fsp3) is 0.100. The number of halogens is 1. The lowest BCUT2D eigenvalue weighted by atomic mass is 10.1. The van der Waals surface area contributed by atoms with Crippen LogP contribution in [0.3, 0.4) is 0 Å². The summed E-state index contributed by atoms with van der Waals surface area (Å²) >= 11 is 2.31. The Balaban J connectivity index is 2.95. The van der Waals surface area contributed by atoms with Gasteiger partial charge in [-0.3, -0.25) is 4.98 Å². The Hall–Kier alpha value is -0.640. The summed E-state index contributed by atoms with van der Waals surface area (Å²) in [6.45, 7) is 2.04. The van der Waals surface area contributed by atoms with Gasteiger partial charge >= 0.3 is 0 Å². The Morgan fingerprint density at radius 3 is 2.50 bits per heavy atom. The molecule has 1 aromatic heterocycles. The van der Waals surface area contributed by atoms with Crippen molar-refractivity contribution in [3.8, 4) is 0 Å². The molecule has 0 spiro atoms. The van der Waals surface area contributed by atoms with E-state index in [2.05, 4.69) is 45.8 Å². The number of benzene rings is 1. The van der Waals surface area contributed by atoms with Gasteiger partial charge in [0.25, 0.3) is 0 Å². The summed E-state index contributed by atoms with van der Waals surface area (Å²) in [7, 11) is 0. The molecular formula is C10H8IN. The molecule has 0 atom stereocenters. The van der Waals surface area contributed by atoms with Crippen molar-refractivity contribution in [3.05, 3.63) is 39.7 Å². The van der Waals surface area contributed by atoms with Gasteiger partial charge < -0.3 is 0 Å². The first-order valence-corrected chi connectivity index (χ1v) is 4.87. The minimum absolute atomic E-state index is 1.10. The van der Waals surface area contributed by atoms with E-state index in [4.69, 9.17) is 0 Å². The normalized spacial score (nSPS) is 10.5. The molecule has 0 saturated heterocycles. The van der Waals surface area contributed by atoms with E-state index >= 15 is 0 Å². The van der Waals surface area contributed by atoms with Gasteiger partial charge in [0.1, 0.15) is 0 Å². The third-order valence-corrected chi connectivity index (χ3v) is 2.81. The van der Waals surface area contributed by atoms with Gasteiger partial charge in [0.2, 0.25) is 0 Å². The second-order valence-electron chi connectivity index (χ2n) is 2.74. The van der Waals surface area contributed by atoms with Gasteiger partial charge in [-0.1, -0.05) is 24.3 Å². The van der Waals surface area contributed by atoms with Gasteiger partial charge in [-0.05, 0) is 34.9 Å². The number of aryl methyl sites for hydroxylation is 1. The SMILES string of the molecule is Cc1ncc(I)c2ccccc12. The van der Waals surface area contributed by atoms with E-state index < -0.39 is 0 Å². The summed E-state index contributed by atoms with van der Waals surface area (Å²) < 4.78 is 1.22. The maximum atomic E-state index is 4.30. The summed E-state index contributed by atoms with van der Waals surface area (Å²) in [5.74, 6) is 0. The van der Waals surface area contributed by atoms with E-state index in [1.807, 2.05) is 19.2 Å². The molecule has 1 nitrogen and oxygen atoms in total. The minimum Gasteiger partial charge on any atom is -0.260 e. The molecule has 2 rings (SSSR count). The van der Waals surface area contributed by atoms with Crippen LogP contribution in [0.25, 0.3) is 10.8 Å². The third-order valence-electron chi connectivity index (χ3n) is 1.95. The number of fused-ring (bicyclic) bond motifs is 1. The lowest BCUT2D eigenvalue weighted by molar-refractivity contribution is 1.23. The first-order valence-electron chi connectivity index (χ1n) is 3.79. The average molecular weight is 269 g/mol. The molecule has 0 aliphatic heterocycles. The van der Waals surface area contributed by atoms with Gasteiger partial charge in [0.15, 0.2) is 0 Å². The Morgan fingerprint density at radius 1 is 1.17 bits per heavy atom. The van der Waals surface area contributed by atoms with Crippen molar-refractivity contribution in [1.82, 2.24) is 4.98 Å². The number of nitrogens with zero attached hydrogens (tertiary/aromatic N) is 1. The lowest BCUT2D eigenvalue weighted by Gasteiger charge is -2.01. The highest BCUT2D eigenvalue weighted by atomic mass is 127. The smallest absolute Gasteiger partial charge is 0.0451 e. The van der Waals surface area contributed by atoms with E-state index in [0.717, 1.165) is 5.69 Å². The molecule has 2 heteroatoms. The van der Waals surface area contributed by atoms with Gasteiger partial charge in [-0.15, -0.1) is 0 Å². The predicted molar refractivity (Wildman–Crippen MR) is 59.2 cm³/mol. The van der Waals surface area contributed by atoms with Gasteiger partial charge in [0, 0.05) is 20.8 Å². The van der Waals surface area contributed by atoms with E-state index in [0.29, 0.717) is 0 Å². The van der Waals surface area contributed by atoms with E-state index in [9.17, 15) is 0 Å². The number of hydrogen-bond acceptors (Lipinski definition) is 1. The van der Waals surface area contributed by atoms with Gasteiger partial charge in [-0.25, -0.2) is 0 Å². The van der Waals surface area contributed by atoms with Crippen LogP contribution in [0.5, 0.6) is 0 Å². The summed E-state index contributed by atoms with van der Waals surface area (Å²) in [5.41, 5.74) is 1.10. The molecule has 12 heavy (non-hydrogen) atoms. The summed E-state index contributed by atoms with van der Waals surface area (Å²) in [5, 5.41) is 2.55. The van der Waals surface area contributed by atoms with E-state index in [-0.39, 0.29) is 0 Å². The molecule has 2 aromatic rings. The molecule has 60 valence electrons. The Morgan fingerprint density at radius 2 is 1.83 bits per heavy atom. The summed E-state index contributed by atoms with van der Waals surface area (Å²) in [4.78, 5) is 4.30. The minimum atomic E-state index is 1.10. The number of rotatable bonds is 0. The Labute approximate surface area is 85.0 Å². The highest BCUT2D eigenvalue weighted by molar-refractivity contribution is 14.1. The van der Waals surface area contributed by atoms with Crippen LogP contribution in [-0.4, -0.2) is 4.98 Å². The Bertz CT molecular complexity index is 383. The lowest BCUT2D eigenvalue weighted by Crippen LogP contribution is -1.85. The molecular weight excluding hydrogens is 261 g/mol. The molecule has 0 aliphatic rings. The zero-order valence-electron chi connectivity index (χ0n) is 6.71. The highest BCUT2D eigenvalue weighted by Crippen LogP contribution is 2.21. The van der Waals surface area contributed by atoms with Crippen LogP contribution in [0.15, 0.2) is 30.5 Å². The number of hydrogen-bond donors (Lipinski definition) is 0. The van der Waals surface area contributed by atoms with Gasteiger partial charge in [-0.2, -0.15) is 0 Å².